The number of fused-ring (bicyclic) bond motifs is 5. The number of likely N-dealkylation sites (N-methyl/N-ethyl adjacent to an activating group) is 1. The van der Waals surface area contributed by atoms with Gasteiger partial charge in [-0.05, 0) is 38.9 Å². The van der Waals surface area contributed by atoms with E-state index < -0.39 is 17.5 Å². The van der Waals surface area contributed by atoms with Crippen LogP contribution < -0.4 is 10.2 Å². The van der Waals surface area contributed by atoms with E-state index in [1.165, 1.54) is 0 Å². The molecule has 10 nitrogen and oxygen atoms in total. The number of benzene rings is 1. The minimum atomic E-state index is -0.754. The number of anilines is 2. The smallest absolute Gasteiger partial charge is 0.412 e. The number of carbonyl (C=O) groups is 1. The minimum absolute atomic E-state index is 0.0757. The number of nitriles is 1. The number of nitrogens with one attached hydrogen (secondary N) is 1. The van der Waals surface area contributed by atoms with Crippen molar-refractivity contribution in [3.63, 3.8) is 0 Å². The SMILES string of the molecule is CN1C[C@H]2CN(c3ncc4c5c(c(-c6ncc(F)c7sc(NC(=O)OC(C)(C)C)c(C#N)c67)c(Cl)c4n3)COC5)C[C@H]21. The third-order valence-electron chi connectivity index (χ3n) is 8.10. The summed E-state index contributed by atoms with van der Waals surface area (Å²) in [7, 11) is 2.13. The number of likely N-dealkylation sites (tertiary alicyclic amines) is 1. The van der Waals surface area contributed by atoms with Crippen molar-refractivity contribution in [1.29, 1.82) is 5.26 Å². The molecule has 2 atom stereocenters. The lowest BCUT2D eigenvalue weighted by Gasteiger charge is -2.40. The molecule has 0 bridgehead atoms. The summed E-state index contributed by atoms with van der Waals surface area (Å²) in [6, 6.07) is 2.63. The number of thiophene rings is 1. The molecule has 0 aliphatic carbocycles. The zero-order chi connectivity index (χ0) is 29.5. The predicted octanol–water partition coefficient (Wildman–Crippen LogP) is 5.70. The van der Waals surface area contributed by atoms with Crippen molar-refractivity contribution in [2.75, 3.05) is 36.9 Å². The summed E-state index contributed by atoms with van der Waals surface area (Å²) in [4.78, 5) is 31.2. The maximum atomic E-state index is 15.2. The van der Waals surface area contributed by atoms with Crippen LogP contribution in [0.1, 0.15) is 37.5 Å². The van der Waals surface area contributed by atoms with E-state index in [1.54, 1.807) is 27.0 Å². The number of hydrogen-bond acceptors (Lipinski definition) is 10. The Labute approximate surface area is 250 Å². The summed E-state index contributed by atoms with van der Waals surface area (Å²) in [5.41, 5.74) is 2.41. The average molecular weight is 608 g/mol. The zero-order valence-electron chi connectivity index (χ0n) is 23.4. The summed E-state index contributed by atoms with van der Waals surface area (Å²) in [6.07, 6.45) is 2.16. The van der Waals surface area contributed by atoms with Crippen molar-refractivity contribution in [1.82, 2.24) is 19.9 Å². The Morgan fingerprint density at radius 1 is 1.24 bits per heavy atom. The maximum Gasteiger partial charge on any atom is 0.412 e. The number of carbonyl (C=O) groups excluding carboxylic acids is 1. The lowest BCUT2D eigenvalue weighted by Crippen LogP contribution is -2.52. The molecule has 0 saturated carbocycles. The molecule has 7 rings (SSSR count). The number of hydrogen-bond donors (Lipinski definition) is 1. The molecule has 3 aromatic heterocycles. The van der Waals surface area contributed by atoms with E-state index in [0.29, 0.717) is 46.3 Å². The number of amides is 1. The second-order valence-corrected chi connectivity index (χ2v) is 13.3. The molecule has 42 heavy (non-hydrogen) atoms. The minimum Gasteiger partial charge on any atom is -0.444 e. The molecule has 216 valence electrons. The molecule has 3 aliphatic rings. The van der Waals surface area contributed by atoms with E-state index in [9.17, 15) is 10.1 Å². The Balaban J connectivity index is 1.39. The van der Waals surface area contributed by atoms with E-state index in [-0.39, 0.29) is 27.3 Å². The van der Waals surface area contributed by atoms with E-state index in [1.807, 2.05) is 0 Å². The number of nitrogens with zero attached hydrogens (tertiary/aromatic N) is 6. The van der Waals surface area contributed by atoms with Crippen molar-refractivity contribution >= 4 is 61.0 Å². The maximum absolute atomic E-state index is 15.2. The van der Waals surface area contributed by atoms with Crippen molar-refractivity contribution in [3.05, 3.63) is 39.9 Å². The molecule has 13 heteroatoms. The van der Waals surface area contributed by atoms with Crippen LogP contribution in [-0.4, -0.2) is 64.3 Å². The van der Waals surface area contributed by atoms with E-state index >= 15 is 4.39 Å². The Kier molecular flexibility index (Phi) is 6.29. The lowest BCUT2D eigenvalue weighted by atomic mass is 9.93. The van der Waals surface area contributed by atoms with Crippen molar-refractivity contribution in [2.45, 2.75) is 45.6 Å². The molecule has 1 amide bonds. The van der Waals surface area contributed by atoms with Gasteiger partial charge in [0.05, 0.1) is 45.9 Å². The van der Waals surface area contributed by atoms with Crippen LogP contribution in [0.25, 0.3) is 32.2 Å². The fraction of sp³-hybridized carbons (Fsp3) is 0.414. The quantitative estimate of drug-likeness (QED) is 0.313. The van der Waals surface area contributed by atoms with Gasteiger partial charge in [0.25, 0.3) is 0 Å². The van der Waals surface area contributed by atoms with E-state index in [2.05, 4.69) is 33.2 Å². The third-order valence-corrected chi connectivity index (χ3v) is 9.58. The molecule has 2 saturated heterocycles. The van der Waals surface area contributed by atoms with Crippen LogP contribution in [0.2, 0.25) is 5.02 Å². The van der Waals surface area contributed by atoms with E-state index in [4.69, 9.17) is 31.0 Å². The zero-order valence-corrected chi connectivity index (χ0v) is 25.0. The number of ether oxygens (including phenoxy) is 2. The highest BCUT2D eigenvalue weighted by Crippen LogP contribution is 2.48. The summed E-state index contributed by atoms with van der Waals surface area (Å²) < 4.78 is 26.6. The molecular weight excluding hydrogens is 581 g/mol. The molecule has 0 unspecified atom stereocenters. The summed E-state index contributed by atoms with van der Waals surface area (Å²) >= 11 is 8.10. The van der Waals surface area contributed by atoms with Gasteiger partial charge in [-0.1, -0.05) is 11.6 Å². The first-order valence-electron chi connectivity index (χ1n) is 13.6. The van der Waals surface area contributed by atoms with Gasteiger partial charge in [0.1, 0.15) is 16.7 Å². The number of pyridine rings is 1. The van der Waals surface area contributed by atoms with Gasteiger partial charge in [-0.3, -0.25) is 10.3 Å². The summed E-state index contributed by atoms with van der Waals surface area (Å²) in [5, 5.41) is 14.4. The fourth-order valence-electron chi connectivity index (χ4n) is 6.22. The Hall–Kier alpha value is -3.63. The van der Waals surface area contributed by atoms with Gasteiger partial charge >= 0.3 is 6.09 Å². The standard InChI is InChI=1S/C29H27ClFN7O3S/c1-29(2,3)41-28(39)36-26-14(5-32)21-24(33-7-18(31)25(21)42-26)20-17-12-40-11-16(17)15-6-34-27(35-23(15)22(20)30)38-9-13-8-37(4)19(13)10-38/h6-7,13,19H,8-12H2,1-4H3,(H,36,39)/t13-,19+/m0/s1. The largest absolute Gasteiger partial charge is 0.444 e. The third kappa shape index (κ3) is 4.26. The first-order chi connectivity index (χ1) is 20.0. The van der Waals surface area contributed by atoms with Crippen molar-refractivity contribution in [3.8, 4) is 17.3 Å². The van der Waals surface area contributed by atoms with Crippen LogP contribution in [0.15, 0.2) is 12.4 Å². The normalized spacial score (nSPS) is 20.0. The molecule has 1 N–H and O–H groups in total. The average Bonchev–Trinajstić information content (AvgIpc) is 3.64. The highest BCUT2D eigenvalue weighted by atomic mass is 35.5. The van der Waals surface area contributed by atoms with Crippen molar-refractivity contribution in [2.24, 2.45) is 5.92 Å². The second kappa shape index (κ2) is 9.70. The Morgan fingerprint density at radius 2 is 2.02 bits per heavy atom. The molecule has 3 aliphatic heterocycles. The van der Waals surface area contributed by atoms with Gasteiger partial charge in [-0.2, -0.15) is 5.26 Å². The van der Waals surface area contributed by atoms with Gasteiger partial charge in [-0.25, -0.2) is 19.2 Å². The molecular formula is C29H27ClFN7O3S. The molecule has 0 spiro atoms. The van der Waals surface area contributed by atoms with Crippen LogP contribution in [0, 0.1) is 23.1 Å². The number of halogens is 2. The Bertz CT molecular complexity index is 1850. The highest BCUT2D eigenvalue weighted by molar-refractivity contribution is 7.23. The highest BCUT2D eigenvalue weighted by Gasteiger charge is 2.44. The second-order valence-electron chi connectivity index (χ2n) is 11.9. The van der Waals surface area contributed by atoms with Gasteiger partial charge in [0.15, 0.2) is 5.82 Å². The molecule has 0 radical (unpaired) electrons. The van der Waals surface area contributed by atoms with Gasteiger partial charge in [0.2, 0.25) is 5.95 Å². The molecule has 4 aromatic rings. The lowest BCUT2D eigenvalue weighted by molar-refractivity contribution is 0.0636. The van der Waals surface area contributed by atoms with Gasteiger partial charge in [-0.15, -0.1) is 11.3 Å². The van der Waals surface area contributed by atoms with Gasteiger partial charge < -0.3 is 19.3 Å². The van der Waals surface area contributed by atoms with Gasteiger partial charge in [0, 0.05) is 54.1 Å². The van der Waals surface area contributed by atoms with Crippen molar-refractivity contribution < 1.29 is 18.7 Å². The Morgan fingerprint density at radius 3 is 2.74 bits per heavy atom. The topological polar surface area (TPSA) is 116 Å². The monoisotopic (exact) mass is 607 g/mol. The van der Waals surface area contributed by atoms with Crippen LogP contribution in [-0.2, 0) is 22.7 Å². The first kappa shape index (κ1) is 27.2. The first-order valence-corrected chi connectivity index (χ1v) is 14.8. The number of rotatable bonds is 3. The summed E-state index contributed by atoms with van der Waals surface area (Å²) in [5.74, 6) is 0.582. The molecule has 6 heterocycles. The van der Waals surface area contributed by atoms with Crippen LogP contribution in [0.5, 0.6) is 0 Å². The molecule has 2 fully saturated rings. The van der Waals surface area contributed by atoms with Crippen LogP contribution in [0.4, 0.5) is 20.1 Å². The van der Waals surface area contributed by atoms with Crippen LogP contribution >= 0.6 is 22.9 Å². The fourth-order valence-corrected chi connectivity index (χ4v) is 7.60. The molecule has 1 aromatic carbocycles. The number of aromatic nitrogens is 3. The van der Waals surface area contributed by atoms with Crippen LogP contribution in [0.3, 0.4) is 0 Å². The summed E-state index contributed by atoms with van der Waals surface area (Å²) in [6.45, 7) is 8.58. The predicted molar refractivity (Wildman–Crippen MR) is 158 cm³/mol. The van der Waals surface area contributed by atoms with E-state index in [0.717, 1.165) is 53.7 Å².